The van der Waals surface area contributed by atoms with Crippen molar-refractivity contribution in [3.63, 3.8) is 0 Å². The molecule has 0 radical (unpaired) electrons. The molecular weight excluding hydrogens is 215 g/mol. The van der Waals surface area contributed by atoms with Crippen molar-refractivity contribution in [2.24, 2.45) is 0 Å². The van der Waals surface area contributed by atoms with E-state index in [2.05, 4.69) is 22.1 Å². The normalized spacial score (nSPS) is 7.86. The molecule has 5 nitrogen and oxygen atoms in total. The molecule has 0 bridgehead atoms. The number of hydrogen-bond acceptors (Lipinski definition) is 6. The molecule has 0 aliphatic carbocycles. The molecule has 0 saturated heterocycles. The van der Waals surface area contributed by atoms with E-state index in [4.69, 9.17) is 5.73 Å². The van der Waals surface area contributed by atoms with Crippen LogP contribution in [0.2, 0.25) is 0 Å². The first-order valence-electron chi connectivity index (χ1n) is 3.22. The second-order valence-electron chi connectivity index (χ2n) is 1.91. The van der Waals surface area contributed by atoms with Crippen molar-refractivity contribution in [1.29, 1.82) is 0 Å². The fraction of sp³-hybridized carbons (Fsp3) is 0.143. The van der Waals surface area contributed by atoms with Gasteiger partial charge in [-0.1, -0.05) is 0 Å². The Kier molecular flexibility index (Phi) is 10.7. The van der Waals surface area contributed by atoms with Gasteiger partial charge in [-0.3, -0.25) is 4.98 Å². The van der Waals surface area contributed by atoms with Crippen molar-refractivity contribution >= 4 is 24.6 Å². The van der Waals surface area contributed by atoms with Gasteiger partial charge in [-0.05, 0) is 25.0 Å². The average Bonchev–Trinajstić information content (AvgIpc) is 2.06. The number of aromatic nitrogens is 1. The Morgan fingerprint density at radius 2 is 2.21 bits per heavy atom. The van der Waals surface area contributed by atoms with E-state index in [-0.39, 0.29) is 40.9 Å². The minimum Gasteiger partial charge on any atom is -0.543 e. The Labute approximate surface area is 110 Å². The number of carboxylic acids is 1. The third-order valence-corrected chi connectivity index (χ3v) is 1.03. The maximum absolute atomic E-state index is 10.2. The molecule has 1 rings (SSSR count). The van der Waals surface area contributed by atoms with Crippen molar-refractivity contribution in [3.05, 3.63) is 24.0 Å². The van der Waals surface area contributed by atoms with Crippen LogP contribution in [0.3, 0.4) is 0 Å². The number of rotatable bonds is 1. The quantitative estimate of drug-likeness (QED) is 0.294. The monoisotopic (exact) mass is 224 g/mol. The zero-order valence-electron chi connectivity index (χ0n) is 7.93. The Hall–Kier alpha value is -0.270. The van der Waals surface area contributed by atoms with Crippen molar-refractivity contribution < 1.29 is 43.6 Å². The van der Waals surface area contributed by atoms with Crippen LogP contribution in [-0.2, 0) is 4.18 Å². The smallest absolute Gasteiger partial charge is 0.543 e. The van der Waals surface area contributed by atoms with Gasteiger partial charge in [0, 0.05) is 13.3 Å². The fourth-order valence-corrected chi connectivity index (χ4v) is 0.588. The van der Waals surface area contributed by atoms with Crippen LogP contribution in [0.25, 0.3) is 0 Å². The summed E-state index contributed by atoms with van der Waals surface area (Å²) in [5.41, 5.74) is 5.16. The number of aromatic carboxylic acids is 1. The number of anilines is 1. The van der Waals surface area contributed by atoms with Crippen LogP contribution < -0.4 is 40.4 Å². The van der Waals surface area contributed by atoms with Gasteiger partial charge in [-0.25, -0.2) is 0 Å². The molecule has 14 heavy (non-hydrogen) atoms. The van der Waals surface area contributed by atoms with Crippen molar-refractivity contribution in [2.45, 2.75) is 0 Å². The summed E-state index contributed by atoms with van der Waals surface area (Å²) in [7, 11) is 1.49. The Balaban J connectivity index is 0. The van der Waals surface area contributed by atoms with Gasteiger partial charge in [0.2, 0.25) is 0 Å². The number of carbonyl (C=O) groups excluding carboxylic acids is 1. The summed E-state index contributed by atoms with van der Waals surface area (Å²) in [6, 6.07) is 3.01. The molecule has 0 aliphatic rings. The molecule has 0 spiro atoms. The molecular formula is C7H9N2NaO3S. The van der Waals surface area contributed by atoms with Crippen LogP contribution >= 0.6 is 12.9 Å². The molecule has 0 saturated carbocycles. The summed E-state index contributed by atoms with van der Waals surface area (Å²) in [6.07, 6.45) is 1.35. The molecule has 0 fully saturated rings. The summed E-state index contributed by atoms with van der Waals surface area (Å²) < 4.78 is 3.94. The number of thiol groups is 1. The van der Waals surface area contributed by atoms with E-state index in [0.717, 1.165) is 0 Å². The van der Waals surface area contributed by atoms with E-state index in [1.54, 1.807) is 6.07 Å². The number of nitrogens with zero attached hydrogens (tertiary/aromatic N) is 1. The average molecular weight is 224 g/mol. The van der Waals surface area contributed by atoms with Gasteiger partial charge in [0.05, 0.1) is 11.7 Å². The molecule has 0 aromatic carbocycles. The second kappa shape index (κ2) is 9.29. The molecule has 1 aromatic rings. The van der Waals surface area contributed by atoms with E-state index in [1.807, 2.05) is 0 Å². The van der Waals surface area contributed by atoms with Crippen LogP contribution in [0, 0.1) is 0 Å². The van der Waals surface area contributed by atoms with Crippen LogP contribution in [0.15, 0.2) is 18.3 Å². The first-order chi connectivity index (χ1) is 6.13. The first kappa shape index (κ1) is 16.2. The molecule has 0 atom stereocenters. The largest absolute Gasteiger partial charge is 1.00 e. The molecule has 0 aliphatic heterocycles. The predicted octanol–water partition coefficient (Wildman–Crippen LogP) is -3.49. The van der Waals surface area contributed by atoms with Crippen molar-refractivity contribution in [3.8, 4) is 0 Å². The maximum Gasteiger partial charge on any atom is 1.00 e. The first-order valence-corrected chi connectivity index (χ1v) is 3.59. The van der Waals surface area contributed by atoms with E-state index < -0.39 is 5.97 Å². The standard InChI is InChI=1S/C6H6N2O2.CH4OS.Na/c7-4-2-1-3-8-5(4)6(9)10;1-2-3;/h1-3H,7H2,(H,9,10);3H,1H3;/q;;+1/p-1. The number of nitrogen functional groups attached to an aromatic ring is 1. The summed E-state index contributed by atoms with van der Waals surface area (Å²) in [6.45, 7) is 0. The molecule has 1 aromatic heterocycles. The summed E-state index contributed by atoms with van der Waals surface area (Å²) >= 11 is 3.29. The molecule has 7 heteroatoms. The summed E-state index contributed by atoms with van der Waals surface area (Å²) in [5, 5.41) is 10.2. The molecule has 1 heterocycles. The number of pyridine rings is 1. The van der Waals surface area contributed by atoms with Gasteiger partial charge >= 0.3 is 29.6 Å². The van der Waals surface area contributed by atoms with Crippen molar-refractivity contribution in [1.82, 2.24) is 4.98 Å². The van der Waals surface area contributed by atoms with Gasteiger partial charge in [0.1, 0.15) is 5.69 Å². The van der Waals surface area contributed by atoms with Gasteiger partial charge in [0.25, 0.3) is 0 Å². The minimum absolute atomic E-state index is 0. The Bertz CT molecular complexity index is 285. The third kappa shape index (κ3) is 6.22. The second-order valence-corrected chi connectivity index (χ2v) is 2.28. The molecule has 72 valence electrons. The van der Waals surface area contributed by atoms with E-state index in [0.29, 0.717) is 0 Å². The predicted molar refractivity (Wildman–Crippen MR) is 49.0 cm³/mol. The van der Waals surface area contributed by atoms with E-state index >= 15 is 0 Å². The van der Waals surface area contributed by atoms with Crippen LogP contribution in [0.4, 0.5) is 5.69 Å². The van der Waals surface area contributed by atoms with Gasteiger partial charge < -0.3 is 19.8 Å². The van der Waals surface area contributed by atoms with E-state index in [1.165, 1.54) is 19.4 Å². The Morgan fingerprint density at radius 3 is 2.50 bits per heavy atom. The van der Waals surface area contributed by atoms with Gasteiger partial charge in [0.15, 0.2) is 0 Å². The van der Waals surface area contributed by atoms with Crippen LogP contribution in [0.5, 0.6) is 0 Å². The number of hydrogen-bond donors (Lipinski definition) is 2. The van der Waals surface area contributed by atoms with Gasteiger partial charge in [-0.2, -0.15) is 0 Å². The number of nitrogens with two attached hydrogens (primary N) is 1. The topological polar surface area (TPSA) is 88.3 Å². The number of carboxylic acid groups (broad SMARTS) is 1. The molecule has 0 unspecified atom stereocenters. The summed E-state index contributed by atoms with van der Waals surface area (Å²) in [4.78, 5) is 13.7. The van der Waals surface area contributed by atoms with Crippen molar-refractivity contribution in [2.75, 3.05) is 12.8 Å². The Morgan fingerprint density at radius 1 is 1.71 bits per heavy atom. The molecule has 0 amide bonds. The fourth-order valence-electron chi connectivity index (χ4n) is 0.588. The zero-order chi connectivity index (χ0) is 10.3. The minimum atomic E-state index is -1.35. The number of carbonyl (C=O) groups is 1. The summed E-state index contributed by atoms with van der Waals surface area (Å²) in [5.74, 6) is -1.35. The molecule has 2 N–H and O–H groups in total. The van der Waals surface area contributed by atoms with Crippen LogP contribution in [-0.4, -0.2) is 18.1 Å². The maximum atomic E-state index is 10.2. The van der Waals surface area contributed by atoms with Gasteiger partial charge in [-0.15, -0.1) is 0 Å². The third-order valence-electron chi connectivity index (χ3n) is 1.03. The van der Waals surface area contributed by atoms with E-state index in [9.17, 15) is 9.90 Å². The SMILES string of the molecule is COS.Nc1cccnc1C(=O)[O-].[Na+]. The zero-order valence-corrected chi connectivity index (χ0v) is 10.8. The van der Waals surface area contributed by atoms with Crippen LogP contribution in [0.1, 0.15) is 10.5 Å².